The van der Waals surface area contributed by atoms with E-state index in [1.165, 1.54) is 42.4 Å². The number of anilines is 1. The van der Waals surface area contributed by atoms with Gasteiger partial charge in [-0.2, -0.15) is 14.0 Å². The number of rotatable bonds is 10. The van der Waals surface area contributed by atoms with Gasteiger partial charge in [0.25, 0.3) is 5.91 Å². The fraction of sp³-hybridized carbons (Fsp3) is 0.227. The molecular formula is C22H20F2N2O5. The molecule has 0 radical (unpaired) electrons. The van der Waals surface area contributed by atoms with E-state index >= 15 is 0 Å². The molecule has 0 saturated heterocycles. The van der Waals surface area contributed by atoms with Crippen LogP contribution in [0.25, 0.3) is 6.08 Å². The fourth-order valence-corrected chi connectivity index (χ4v) is 2.58. The van der Waals surface area contributed by atoms with Gasteiger partial charge in [0.05, 0.1) is 25.3 Å². The zero-order chi connectivity index (χ0) is 22.6. The highest BCUT2D eigenvalue weighted by atomic mass is 19.3. The van der Waals surface area contributed by atoms with Crippen LogP contribution in [0.2, 0.25) is 0 Å². The summed E-state index contributed by atoms with van der Waals surface area (Å²) < 4.78 is 38.8. The van der Waals surface area contributed by atoms with Crippen molar-refractivity contribution >= 4 is 23.6 Å². The number of ether oxygens (including phenoxy) is 3. The highest BCUT2D eigenvalue weighted by molar-refractivity contribution is 5.97. The van der Waals surface area contributed by atoms with E-state index in [1.54, 1.807) is 24.3 Å². The lowest BCUT2D eigenvalue weighted by Gasteiger charge is -2.23. The van der Waals surface area contributed by atoms with Gasteiger partial charge in [0.1, 0.15) is 11.5 Å². The molecule has 31 heavy (non-hydrogen) atoms. The second-order valence-corrected chi connectivity index (χ2v) is 6.01. The molecule has 7 nitrogen and oxygen atoms in total. The molecule has 0 aliphatic rings. The molecule has 0 N–H and O–H groups in total. The van der Waals surface area contributed by atoms with Crippen LogP contribution in [0.1, 0.15) is 12.0 Å². The van der Waals surface area contributed by atoms with E-state index in [0.717, 1.165) is 6.08 Å². The van der Waals surface area contributed by atoms with Crippen molar-refractivity contribution < 1.29 is 32.6 Å². The van der Waals surface area contributed by atoms with Crippen molar-refractivity contribution in [2.75, 3.05) is 25.2 Å². The number of carbonyl (C=O) groups excluding carboxylic acids is 2. The molecule has 0 spiro atoms. The zero-order valence-corrected chi connectivity index (χ0v) is 16.7. The zero-order valence-electron chi connectivity index (χ0n) is 16.7. The van der Waals surface area contributed by atoms with Crippen LogP contribution in [0.15, 0.2) is 54.6 Å². The third-order valence-corrected chi connectivity index (χ3v) is 3.98. The third kappa shape index (κ3) is 7.44. The first-order valence-corrected chi connectivity index (χ1v) is 9.14. The second kappa shape index (κ2) is 11.9. The summed E-state index contributed by atoms with van der Waals surface area (Å²) in [5.41, 5.74) is 1.01. The van der Waals surface area contributed by atoms with Crippen molar-refractivity contribution in [3.05, 3.63) is 60.2 Å². The van der Waals surface area contributed by atoms with Gasteiger partial charge in [0.2, 0.25) is 0 Å². The van der Waals surface area contributed by atoms with Crippen LogP contribution >= 0.6 is 0 Å². The smallest absolute Gasteiger partial charge is 0.387 e. The monoisotopic (exact) mass is 430 g/mol. The summed E-state index contributed by atoms with van der Waals surface area (Å²) in [6, 6.07) is 14.4. The summed E-state index contributed by atoms with van der Waals surface area (Å²) in [5, 5.41) is 8.87. The Labute approximate surface area is 178 Å². The maximum Gasteiger partial charge on any atom is 0.387 e. The molecule has 1 amide bonds. The second-order valence-electron chi connectivity index (χ2n) is 6.01. The molecule has 2 aromatic rings. The Morgan fingerprint density at radius 3 is 2.52 bits per heavy atom. The van der Waals surface area contributed by atoms with E-state index in [9.17, 15) is 18.4 Å². The Bertz CT molecular complexity index is 955. The summed E-state index contributed by atoms with van der Waals surface area (Å²) >= 11 is 0. The molecule has 0 aliphatic heterocycles. The number of alkyl halides is 2. The standard InChI is InChI=1S/C22H20F2N2O5/c1-29-19-6-3-2-5-18(19)26(14-4-13-25)20(27)15-30-21(28)12-9-16-7-10-17(11-8-16)31-22(23)24/h2-3,5-12,22H,4,14-15H2,1H3. The molecule has 9 heteroatoms. The van der Waals surface area contributed by atoms with Crippen molar-refractivity contribution in [1.82, 2.24) is 0 Å². The molecule has 0 bridgehead atoms. The molecule has 0 aliphatic carbocycles. The number of halogens is 2. The SMILES string of the molecule is COc1ccccc1N(CCC#N)C(=O)COC(=O)C=Cc1ccc(OC(F)F)cc1. The van der Waals surface area contributed by atoms with Gasteiger partial charge in [-0.05, 0) is 35.9 Å². The molecule has 2 rings (SSSR count). The average molecular weight is 430 g/mol. The highest BCUT2D eigenvalue weighted by Gasteiger charge is 2.20. The first-order valence-electron chi connectivity index (χ1n) is 9.14. The largest absolute Gasteiger partial charge is 0.495 e. The van der Waals surface area contributed by atoms with Crippen LogP contribution in [-0.4, -0.2) is 38.7 Å². The molecular weight excluding hydrogens is 410 g/mol. The topological polar surface area (TPSA) is 88.9 Å². The van der Waals surface area contributed by atoms with Gasteiger partial charge in [-0.15, -0.1) is 0 Å². The van der Waals surface area contributed by atoms with E-state index in [1.807, 2.05) is 6.07 Å². The Morgan fingerprint density at radius 1 is 1.16 bits per heavy atom. The highest BCUT2D eigenvalue weighted by Crippen LogP contribution is 2.28. The minimum absolute atomic E-state index is 0.00544. The van der Waals surface area contributed by atoms with E-state index in [-0.39, 0.29) is 18.7 Å². The maximum atomic E-state index is 12.6. The number of amides is 1. The molecule has 0 unspecified atom stereocenters. The first kappa shape index (κ1) is 23.3. The number of esters is 1. The van der Waals surface area contributed by atoms with Gasteiger partial charge in [0.15, 0.2) is 6.61 Å². The molecule has 0 atom stereocenters. The van der Waals surface area contributed by atoms with Gasteiger partial charge in [-0.25, -0.2) is 4.79 Å². The van der Waals surface area contributed by atoms with Crippen molar-refractivity contribution in [1.29, 1.82) is 5.26 Å². The van der Waals surface area contributed by atoms with Gasteiger partial charge in [-0.3, -0.25) is 4.79 Å². The van der Waals surface area contributed by atoms with E-state index in [4.69, 9.17) is 14.7 Å². The van der Waals surface area contributed by atoms with E-state index in [2.05, 4.69) is 4.74 Å². The van der Waals surface area contributed by atoms with Crippen LogP contribution < -0.4 is 14.4 Å². The molecule has 0 fully saturated rings. The van der Waals surface area contributed by atoms with Gasteiger partial charge < -0.3 is 19.1 Å². The summed E-state index contributed by atoms with van der Waals surface area (Å²) in [6.07, 6.45) is 2.61. The minimum Gasteiger partial charge on any atom is -0.495 e. The minimum atomic E-state index is -2.92. The summed E-state index contributed by atoms with van der Waals surface area (Å²) in [4.78, 5) is 25.9. The Balaban J connectivity index is 1.97. The molecule has 0 saturated carbocycles. The normalized spacial score (nSPS) is 10.5. The van der Waals surface area contributed by atoms with Crippen LogP contribution in [-0.2, 0) is 14.3 Å². The number of nitriles is 1. The Hall–Kier alpha value is -3.93. The fourth-order valence-electron chi connectivity index (χ4n) is 2.58. The Morgan fingerprint density at radius 2 is 1.87 bits per heavy atom. The molecule has 0 aromatic heterocycles. The number of para-hydroxylation sites is 2. The van der Waals surface area contributed by atoms with E-state index in [0.29, 0.717) is 17.0 Å². The maximum absolute atomic E-state index is 12.6. The first-order chi connectivity index (χ1) is 14.9. The summed E-state index contributed by atoms with van der Waals surface area (Å²) in [5.74, 6) is -0.843. The van der Waals surface area contributed by atoms with Gasteiger partial charge in [-0.1, -0.05) is 24.3 Å². The number of methoxy groups -OCH3 is 1. The number of hydrogen-bond acceptors (Lipinski definition) is 6. The molecule has 2 aromatic carbocycles. The summed E-state index contributed by atoms with van der Waals surface area (Å²) in [6.45, 7) is -3.35. The van der Waals surface area contributed by atoms with Gasteiger partial charge in [0, 0.05) is 12.6 Å². The van der Waals surface area contributed by atoms with Crippen LogP contribution in [0.4, 0.5) is 14.5 Å². The number of benzene rings is 2. The third-order valence-electron chi connectivity index (χ3n) is 3.98. The quantitative estimate of drug-likeness (QED) is 0.421. The Kier molecular flexibility index (Phi) is 8.98. The predicted octanol–water partition coefficient (Wildman–Crippen LogP) is 3.80. The number of carbonyl (C=O) groups is 2. The van der Waals surface area contributed by atoms with E-state index < -0.39 is 25.1 Å². The predicted molar refractivity (Wildman–Crippen MR) is 109 cm³/mol. The van der Waals surface area contributed by atoms with Crippen molar-refractivity contribution in [3.8, 4) is 17.6 Å². The van der Waals surface area contributed by atoms with Crippen LogP contribution in [0.5, 0.6) is 11.5 Å². The van der Waals surface area contributed by atoms with Crippen molar-refractivity contribution in [2.45, 2.75) is 13.0 Å². The lowest BCUT2D eigenvalue weighted by atomic mass is 10.2. The van der Waals surface area contributed by atoms with Crippen LogP contribution in [0.3, 0.4) is 0 Å². The summed E-state index contributed by atoms with van der Waals surface area (Å²) in [7, 11) is 1.46. The lowest BCUT2D eigenvalue weighted by molar-refractivity contribution is -0.142. The number of hydrogen-bond donors (Lipinski definition) is 0. The number of nitrogens with zero attached hydrogens (tertiary/aromatic N) is 2. The lowest BCUT2D eigenvalue weighted by Crippen LogP contribution is -2.35. The van der Waals surface area contributed by atoms with Crippen LogP contribution in [0, 0.1) is 11.3 Å². The molecule has 162 valence electrons. The van der Waals surface area contributed by atoms with Crippen molar-refractivity contribution in [3.63, 3.8) is 0 Å². The van der Waals surface area contributed by atoms with Gasteiger partial charge >= 0.3 is 12.6 Å². The average Bonchev–Trinajstić information content (AvgIpc) is 2.77. The molecule has 0 heterocycles. The van der Waals surface area contributed by atoms with Crippen molar-refractivity contribution in [2.24, 2.45) is 0 Å².